The Morgan fingerprint density at radius 1 is 1.30 bits per heavy atom. The van der Waals surface area contributed by atoms with Crippen LogP contribution in [0.2, 0.25) is 0 Å². The summed E-state index contributed by atoms with van der Waals surface area (Å²) < 4.78 is 38.6. The van der Waals surface area contributed by atoms with Gasteiger partial charge in [-0.1, -0.05) is 18.2 Å². The molecule has 6 heteroatoms. The van der Waals surface area contributed by atoms with Gasteiger partial charge in [0, 0.05) is 17.6 Å². The highest BCUT2D eigenvalue weighted by Gasteiger charge is 2.32. The van der Waals surface area contributed by atoms with Crippen molar-refractivity contribution < 1.29 is 13.2 Å². The van der Waals surface area contributed by atoms with E-state index >= 15 is 0 Å². The monoisotopic (exact) mass is 300 g/mol. The predicted octanol–water partition coefficient (Wildman–Crippen LogP) is 4.32. The van der Waals surface area contributed by atoms with E-state index in [9.17, 15) is 13.2 Å². The number of benzene rings is 1. The maximum atomic E-state index is 12.9. The van der Waals surface area contributed by atoms with Gasteiger partial charge in [-0.15, -0.1) is 11.3 Å². The smallest absolute Gasteiger partial charge is 0.304 e. The molecule has 0 spiro atoms. The summed E-state index contributed by atoms with van der Waals surface area (Å²) in [6, 6.07) is 5.55. The summed E-state index contributed by atoms with van der Waals surface area (Å²) in [6.07, 6.45) is -4.32. The normalized spacial score (nSPS) is 13.4. The molecule has 2 nitrogen and oxygen atoms in total. The Hall–Kier alpha value is -1.40. The number of aromatic nitrogens is 1. The second-order valence-corrected chi connectivity index (χ2v) is 5.47. The van der Waals surface area contributed by atoms with Crippen LogP contribution in [0.5, 0.6) is 0 Å². The Balaban J connectivity index is 2.08. The number of hydrogen-bond acceptors (Lipinski definition) is 3. The van der Waals surface area contributed by atoms with Crippen molar-refractivity contribution in [2.24, 2.45) is 0 Å². The Morgan fingerprint density at radius 3 is 2.60 bits per heavy atom. The fourth-order valence-corrected chi connectivity index (χ4v) is 2.70. The molecule has 1 atom stereocenters. The third kappa shape index (κ3) is 3.58. The molecule has 0 aliphatic rings. The van der Waals surface area contributed by atoms with Gasteiger partial charge in [0.1, 0.15) is 5.01 Å². The number of nitrogens with one attached hydrogen (secondary N) is 1. The molecule has 0 saturated heterocycles. The van der Waals surface area contributed by atoms with E-state index in [0.29, 0.717) is 0 Å². The quantitative estimate of drug-likeness (QED) is 0.909. The van der Waals surface area contributed by atoms with Gasteiger partial charge in [0.05, 0.1) is 11.6 Å². The lowest BCUT2D eigenvalue weighted by Crippen LogP contribution is -2.20. The fourth-order valence-electron chi connectivity index (χ4n) is 1.87. The second-order valence-electron chi connectivity index (χ2n) is 4.58. The summed E-state index contributed by atoms with van der Waals surface area (Å²) in [4.78, 5) is 4.33. The van der Waals surface area contributed by atoms with Crippen molar-refractivity contribution in [2.75, 3.05) is 0 Å². The summed E-state index contributed by atoms with van der Waals surface area (Å²) in [5.41, 5.74) is 0.587. The SMILES string of the molecule is Cc1csc(C(C)NCc2ccccc2C(F)(F)F)n1. The first-order valence-electron chi connectivity index (χ1n) is 6.18. The van der Waals surface area contributed by atoms with Gasteiger partial charge in [-0.25, -0.2) is 4.98 Å². The van der Waals surface area contributed by atoms with E-state index < -0.39 is 11.7 Å². The highest BCUT2D eigenvalue weighted by Crippen LogP contribution is 2.32. The highest BCUT2D eigenvalue weighted by atomic mass is 32.1. The van der Waals surface area contributed by atoms with Crippen LogP contribution in [-0.2, 0) is 12.7 Å². The van der Waals surface area contributed by atoms with Crippen LogP contribution in [0.4, 0.5) is 13.2 Å². The van der Waals surface area contributed by atoms with Gasteiger partial charge >= 0.3 is 6.18 Å². The zero-order valence-corrected chi connectivity index (χ0v) is 12.0. The molecular formula is C14H15F3N2S. The van der Waals surface area contributed by atoms with Crippen molar-refractivity contribution in [3.8, 4) is 0 Å². The summed E-state index contributed by atoms with van der Waals surface area (Å²) in [5, 5.41) is 5.90. The Morgan fingerprint density at radius 2 is 2.00 bits per heavy atom. The number of halogens is 3. The van der Waals surface area contributed by atoms with Gasteiger partial charge in [-0.05, 0) is 25.5 Å². The van der Waals surface area contributed by atoms with Crippen molar-refractivity contribution in [1.29, 1.82) is 0 Å². The van der Waals surface area contributed by atoms with Crippen molar-refractivity contribution in [3.63, 3.8) is 0 Å². The minimum absolute atomic E-state index is 0.0741. The largest absolute Gasteiger partial charge is 0.416 e. The number of aryl methyl sites for hydroxylation is 1. The Bertz CT molecular complexity index is 578. The first-order valence-corrected chi connectivity index (χ1v) is 7.06. The molecule has 0 aliphatic carbocycles. The average molecular weight is 300 g/mol. The van der Waals surface area contributed by atoms with Gasteiger partial charge < -0.3 is 5.32 Å². The predicted molar refractivity (Wildman–Crippen MR) is 73.5 cm³/mol. The molecule has 1 heterocycles. The van der Waals surface area contributed by atoms with Crippen LogP contribution in [0, 0.1) is 6.92 Å². The van der Waals surface area contributed by atoms with E-state index in [1.807, 2.05) is 19.2 Å². The van der Waals surface area contributed by atoms with Crippen molar-refractivity contribution in [2.45, 2.75) is 32.6 Å². The van der Waals surface area contributed by atoms with E-state index in [-0.39, 0.29) is 18.2 Å². The van der Waals surface area contributed by atoms with E-state index in [1.54, 1.807) is 6.07 Å². The van der Waals surface area contributed by atoms with Gasteiger partial charge in [0.25, 0.3) is 0 Å². The third-order valence-corrected chi connectivity index (χ3v) is 4.07. The molecule has 1 N–H and O–H groups in total. The zero-order valence-electron chi connectivity index (χ0n) is 11.2. The molecule has 2 rings (SSSR count). The van der Waals surface area contributed by atoms with Gasteiger partial charge in [-0.2, -0.15) is 13.2 Å². The average Bonchev–Trinajstić information content (AvgIpc) is 2.82. The van der Waals surface area contributed by atoms with E-state index in [4.69, 9.17) is 0 Å². The van der Waals surface area contributed by atoms with Crippen LogP contribution in [0.1, 0.15) is 34.8 Å². The van der Waals surface area contributed by atoms with Crippen molar-refractivity contribution in [3.05, 3.63) is 51.5 Å². The first kappa shape index (κ1) is 15.0. The van der Waals surface area contributed by atoms with Crippen LogP contribution in [0.3, 0.4) is 0 Å². The van der Waals surface area contributed by atoms with Crippen LogP contribution in [-0.4, -0.2) is 4.98 Å². The number of nitrogens with zero attached hydrogens (tertiary/aromatic N) is 1. The molecule has 1 aromatic carbocycles. The molecule has 0 fully saturated rings. The van der Waals surface area contributed by atoms with Crippen LogP contribution < -0.4 is 5.32 Å². The van der Waals surface area contributed by atoms with Crippen molar-refractivity contribution >= 4 is 11.3 Å². The third-order valence-electron chi connectivity index (χ3n) is 2.93. The van der Waals surface area contributed by atoms with E-state index in [1.165, 1.54) is 23.5 Å². The molecule has 0 saturated carbocycles. The minimum Gasteiger partial charge on any atom is -0.304 e. The number of alkyl halides is 3. The molecule has 20 heavy (non-hydrogen) atoms. The number of hydrogen-bond donors (Lipinski definition) is 1. The Kier molecular flexibility index (Phi) is 4.45. The first-order chi connectivity index (χ1) is 9.38. The summed E-state index contributed by atoms with van der Waals surface area (Å²) in [5.74, 6) is 0. The maximum absolute atomic E-state index is 12.9. The highest BCUT2D eigenvalue weighted by molar-refractivity contribution is 7.09. The molecule has 1 unspecified atom stereocenters. The van der Waals surface area contributed by atoms with E-state index in [0.717, 1.165) is 16.8 Å². The number of thiazole rings is 1. The standard InChI is InChI=1S/C14H15F3N2S/c1-9-8-20-13(19-9)10(2)18-7-11-5-3-4-6-12(11)14(15,16)17/h3-6,8,10,18H,7H2,1-2H3. The minimum atomic E-state index is -4.32. The Labute approximate surface area is 119 Å². The zero-order chi connectivity index (χ0) is 14.8. The summed E-state index contributed by atoms with van der Waals surface area (Å²) >= 11 is 1.51. The lowest BCUT2D eigenvalue weighted by atomic mass is 10.1. The fraction of sp³-hybridized carbons (Fsp3) is 0.357. The number of rotatable bonds is 4. The molecular weight excluding hydrogens is 285 g/mol. The topological polar surface area (TPSA) is 24.9 Å². The van der Waals surface area contributed by atoms with Crippen LogP contribution in [0.25, 0.3) is 0 Å². The summed E-state index contributed by atoms with van der Waals surface area (Å²) in [7, 11) is 0. The van der Waals surface area contributed by atoms with Crippen LogP contribution in [0.15, 0.2) is 29.6 Å². The van der Waals surface area contributed by atoms with E-state index in [2.05, 4.69) is 10.3 Å². The van der Waals surface area contributed by atoms with Gasteiger partial charge in [0.2, 0.25) is 0 Å². The van der Waals surface area contributed by atoms with Crippen LogP contribution >= 0.6 is 11.3 Å². The van der Waals surface area contributed by atoms with Gasteiger partial charge in [-0.3, -0.25) is 0 Å². The molecule has 2 aromatic rings. The molecule has 0 bridgehead atoms. The lowest BCUT2D eigenvalue weighted by Gasteiger charge is -2.15. The molecule has 0 aliphatic heterocycles. The van der Waals surface area contributed by atoms with Crippen molar-refractivity contribution in [1.82, 2.24) is 10.3 Å². The van der Waals surface area contributed by atoms with Gasteiger partial charge in [0.15, 0.2) is 0 Å². The summed E-state index contributed by atoms with van der Waals surface area (Å²) in [6.45, 7) is 3.95. The second kappa shape index (κ2) is 5.93. The maximum Gasteiger partial charge on any atom is 0.416 e. The molecule has 0 amide bonds. The lowest BCUT2D eigenvalue weighted by molar-refractivity contribution is -0.138. The molecule has 1 aromatic heterocycles. The molecule has 108 valence electrons. The molecule has 0 radical (unpaired) electrons.